The number of hydrogen-bond donors (Lipinski definition) is 1. The molecule has 0 bridgehead atoms. The second-order valence-corrected chi connectivity index (χ2v) is 8.54. The molecule has 3 aromatic rings. The largest absolute Gasteiger partial charge is 0.435 e. The third kappa shape index (κ3) is 4.94. The second-order valence-electron chi connectivity index (χ2n) is 7.56. The number of rotatable bonds is 6. The number of nitriles is 1. The summed E-state index contributed by atoms with van der Waals surface area (Å²) in [6.45, 7) is 1.94. The first-order chi connectivity index (χ1) is 16.3. The van der Waals surface area contributed by atoms with Crippen LogP contribution in [0.5, 0.6) is 0 Å². The van der Waals surface area contributed by atoms with E-state index in [1.54, 1.807) is 23.2 Å². The summed E-state index contributed by atoms with van der Waals surface area (Å²) in [6, 6.07) is 9.73. The predicted molar refractivity (Wildman–Crippen MR) is 121 cm³/mol. The summed E-state index contributed by atoms with van der Waals surface area (Å²) in [4.78, 5) is 22.8. The van der Waals surface area contributed by atoms with Gasteiger partial charge in [-0.2, -0.15) is 18.4 Å². The lowest BCUT2D eigenvalue weighted by molar-refractivity contribution is -0.141. The summed E-state index contributed by atoms with van der Waals surface area (Å²) in [7, 11) is 0. The minimum atomic E-state index is -4.82. The lowest BCUT2D eigenvalue weighted by atomic mass is 9.96. The Bertz CT molecular complexity index is 1230. The molecule has 4 rings (SSSR count). The molecular formula is C23H20F3N5O2S. The number of nitrogens with zero attached hydrogens (tertiary/aromatic N) is 4. The third-order valence-electron chi connectivity index (χ3n) is 5.30. The zero-order valence-electron chi connectivity index (χ0n) is 17.9. The van der Waals surface area contributed by atoms with Crippen LogP contribution < -0.4 is 10.6 Å². The van der Waals surface area contributed by atoms with Crippen molar-refractivity contribution in [1.82, 2.24) is 9.97 Å². The Morgan fingerprint density at radius 3 is 2.62 bits per heavy atom. The van der Waals surface area contributed by atoms with E-state index in [0.29, 0.717) is 61.9 Å². The molecule has 34 heavy (non-hydrogen) atoms. The van der Waals surface area contributed by atoms with Crippen molar-refractivity contribution in [3.05, 3.63) is 63.8 Å². The van der Waals surface area contributed by atoms with Gasteiger partial charge >= 0.3 is 6.18 Å². The van der Waals surface area contributed by atoms with Gasteiger partial charge in [0.2, 0.25) is 5.78 Å². The number of carbonyl (C=O) groups is 1. The highest BCUT2D eigenvalue weighted by atomic mass is 32.1. The van der Waals surface area contributed by atoms with E-state index in [-0.39, 0.29) is 16.3 Å². The van der Waals surface area contributed by atoms with E-state index in [2.05, 4.69) is 9.97 Å². The fourth-order valence-corrected chi connectivity index (χ4v) is 4.68. The van der Waals surface area contributed by atoms with Crippen LogP contribution in [0.3, 0.4) is 0 Å². The Hall–Kier alpha value is -3.33. The van der Waals surface area contributed by atoms with Crippen LogP contribution in [0.4, 0.5) is 18.3 Å². The molecule has 0 saturated carbocycles. The molecular weight excluding hydrogens is 467 g/mol. The van der Waals surface area contributed by atoms with Crippen molar-refractivity contribution in [3.63, 3.8) is 0 Å². The molecule has 3 heterocycles. The van der Waals surface area contributed by atoms with E-state index in [9.17, 15) is 23.2 Å². The summed E-state index contributed by atoms with van der Waals surface area (Å²) in [5, 5.41) is 9.44. The maximum atomic E-state index is 13.9. The van der Waals surface area contributed by atoms with Crippen LogP contribution in [-0.4, -0.2) is 48.6 Å². The van der Waals surface area contributed by atoms with Gasteiger partial charge in [-0.1, -0.05) is 23.5 Å². The van der Waals surface area contributed by atoms with Crippen molar-refractivity contribution >= 4 is 22.3 Å². The number of nitrogens with two attached hydrogens (primary N) is 1. The van der Waals surface area contributed by atoms with Crippen LogP contribution in [0.2, 0.25) is 0 Å². The molecule has 7 nitrogen and oxygen atoms in total. The number of halogens is 3. The van der Waals surface area contributed by atoms with Gasteiger partial charge in [0, 0.05) is 30.4 Å². The fourth-order valence-electron chi connectivity index (χ4n) is 3.59. The Balaban J connectivity index is 1.80. The highest BCUT2D eigenvalue weighted by Gasteiger charge is 2.41. The molecule has 0 unspecified atom stereocenters. The molecule has 1 aliphatic heterocycles. The van der Waals surface area contributed by atoms with Gasteiger partial charge in [-0.25, -0.2) is 4.98 Å². The van der Waals surface area contributed by atoms with Crippen LogP contribution in [0.15, 0.2) is 36.5 Å². The smallest absolute Gasteiger partial charge is 0.378 e. The lowest BCUT2D eigenvalue weighted by Gasteiger charge is -2.26. The molecule has 0 aliphatic carbocycles. The van der Waals surface area contributed by atoms with Crippen LogP contribution >= 0.6 is 11.3 Å². The average molecular weight is 488 g/mol. The summed E-state index contributed by atoms with van der Waals surface area (Å²) in [6.07, 6.45) is -2.59. The van der Waals surface area contributed by atoms with Crippen LogP contribution in [0, 0.1) is 11.3 Å². The molecule has 176 valence electrons. The van der Waals surface area contributed by atoms with E-state index in [0.717, 1.165) is 5.56 Å². The Kier molecular flexibility index (Phi) is 6.92. The van der Waals surface area contributed by atoms with Gasteiger partial charge in [-0.15, -0.1) is 0 Å². The number of morpholine rings is 1. The Morgan fingerprint density at radius 2 is 2.00 bits per heavy atom. The normalized spacial score (nSPS) is 14.1. The number of aromatic nitrogens is 2. The lowest BCUT2D eigenvalue weighted by Crippen LogP contribution is -2.36. The minimum Gasteiger partial charge on any atom is -0.378 e. The maximum Gasteiger partial charge on any atom is 0.435 e. The molecule has 1 fully saturated rings. The van der Waals surface area contributed by atoms with Gasteiger partial charge in [0.1, 0.15) is 4.88 Å². The van der Waals surface area contributed by atoms with Crippen molar-refractivity contribution in [2.75, 3.05) is 37.7 Å². The summed E-state index contributed by atoms with van der Waals surface area (Å²) >= 11 is 0.695. The van der Waals surface area contributed by atoms with E-state index < -0.39 is 22.5 Å². The van der Waals surface area contributed by atoms with E-state index >= 15 is 0 Å². The SMILES string of the molecule is N#Cc1ccc(-c2ccc(CCN)cn2)c(C(=O)c2sc(N3CCOCC3)nc2C(F)(F)F)c1. The van der Waals surface area contributed by atoms with Crippen LogP contribution in [0.25, 0.3) is 11.3 Å². The molecule has 1 saturated heterocycles. The van der Waals surface area contributed by atoms with Crippen molar-refractivity contribution in [1.29, 1.82) is 5.26 Å². The zero-order valence-corrected chi connectivity index (χ0v) is 18.7. The zero-order chi connectivity index (χ0) is 24.3. The maximum absolute atomic E-state index is 13.9. The van der Waals surface area contributed by atoms with E-state index in [1.165, 1.54) is 18.2 Å². The molecule has 1 aromatic carbocycles. The predicted octanol–water partition coefficient (Wildman–Crippen LogP) is 3.66. The van der Waals surface area contributed by atoms with Gasteiger partial charge in [0.05, 0.1) is 30.5 Å². The number of ketones is 1. The topological polar surface area (TPSA) is 105 Å². The van der Waals surface area contributed by atoms with Gasteiger partial charge in [-0.3, -0.25) is 9.78 Å². The number of anilines is 1. The number of hydrogen-bond acceptors (Lipinski definition) is 8. The highest BCUT2D eigenvalue weighted by Crippen LogP contribution is 2.39. The minimum absolute atomic E-state index is 0.0409. The van der Waals surface area contributed by atoms with Gasteiger partial charge in [0.25, 0.3) is 0 Å². The van der Waals surface area contributed by atoms with Gasteiger partial charge in [0.15, 0.2) is 10.8 Å². The highest BCUT2D eigenvalue weighted by molar-refractivity contribution is 7.17. The number of pyridine rings is 1. The molecule has 1 aliphatic rings. The number of alkyl halides is 3. The Labute approximate surface area is 197 Å². The molecule has 2 aromatic heterocycles. The number of carbonyl (C=O) groups excluding carboxylic acids is 1. The third-order valence-corrected chi connectivity index (χ3v) is 6.41. The second kappa shape index (κ2) is 9.89. The molecule has 11 heteroatoms. The van der Waals surface area contributed by atoms with Crippen molar-refractivity contribution in [2.24, 2.45) is 5.73 Å². The van der Waals surface area contributed by atoms with Crippen LogP contribution in [-0.2, 0) is 17.3 Å². The summed E-state index contributed by atoms with van der Waals surface area (Å²) in [5.41, 5.74) is 6.07. The van der Waals surface area contributed by atoms with Crippen molar-refractivity contribution in [3.8, 4) is 17.3 Å². The van der Waals surface area contributed by atoms with Gasteiger partial charge < -0.3 is 15.4 Å². The summed E-state index contributed by atoms with van der Waals surface area (Å²) in [5.74, 6) is -0.857. The number of benzene rings is 1. The summed E-state index contributed by atoms with van der Waals surface area (Å²) < 4.78 is 46.9. The van der Waals surface area contributed by atoms with Crippen molar-refractivity contribution in [2.45, 2.75) is 12.6 Å². The molecule has 0 spiro atoms. The van der Waals surface area contributed by atoms with E-state index in [4.69, 9.17) is 10.5 Å². The fraction of sp³-hybridized carbons (Fsp3) is 0.304. The van der Waals surface area contributed by atoms with Crippen LogP contribution in [0.1, 0.15) is 32.1 Å². The standard InChI is InChI=1S/C23H20F3N5O2S/c24-23(25,26)21-20(34-22(30-21)31-7-9-33-10-8-31)19(32)17-11-15(12-28)1-3-16(17)18-4-2-14(5-6-27)13-29-18/h1-4,11,13H,5-10,27H2. The molecule has 0 amide bonds. The van der Waals surface area contributed by atoms with E-state index in [1.807, 2.05) is 6.07 Å². The quantitative estimate of drug-likeness (QED) is 0.529. The first-order valence-corrected chi connectivity index (χ1v) is 11.3. The number of thiazole rings is 1. The monoisotopic (exact) mass is 487 g/mol. The van der Waals surface area contributed by atoms with Gasteiger partial charge in [-0.05, 0) is 36.7 Å². The Morgan fingerprint density at radius 1 is 1.24 bits per heavy atom. The first-order valence-electron chi connectivity index (χ1n) is 10.5. The average Bonchev–Trinajstić information content (AvgIpc) is 3.31. The molecule has 0 atom stereocenters. The van der Waals surface area contributed by atoms with Crippen molar-refractivity contribution < 1.29 is 22.7 Å². The number of ether oxygens (including phenoxy) is 1. The first kappa shape index (κ1) is 23.8. The molecule has 0 radical (unpaired) electrons. The molecule has 2 N–H and O–H groups in total.